The van der Waals surface area contributed by atoms with Gasteiger partial charge < -0.3 is 10.1 Å². The van der Waals surface area contributed by atoms with Gasteiger partial charge in [0.2, 0.25) is 5.91 Å². The molecule has 0 aliphatic carbocycles. The van der Waals surface area contributed by atoms with Crippen LogP contribution in [-0.2, 0) is 11.2 Å². The normalized spacial score (nSPS) is 19.6. The molecule has 2 aromatic rings. The minimum absolute atomic E-state index is 0.0491. The van der Waals surface area contributed by atoms with Crippen LogP contribution >= 0.6 is 0 Å². The monoisotopic (exact) mass is 340 g/mol. The number of nitrogens with one attached hydrogen (secondary N) is 3. The van der Waals surface area contributed by atoms with Crippen LogP contribution in [0.3, 0.4) is 0 Å². The van der Waals surface area contributed by atoms with Crippen molar-refractivity contribution in [1.82, 2.24) is 21.2 Å². The molecule has 2 heterocycles. The van der Waals surface area contributed by atoms with Crippen molar-refractivity contribution in [2.75, 3.05) is 20.2 Å². The highest BCUT2D eigenvalue weighted by Crippen LogP contribution is 2.26. The molecule has 0 spiro atoms. The van der Waals surface area contributed by atoms with Gasteiger partial charge in [0.05, 0.1) is 19.1 Å². The zero-order valence-electron chi connectivity index (χ0n) is 14.6. The summed E-state index contributed by atoms with van der Waals surface area (Å²) in [6.45, 7) is 3.18. The van der Waals surface area contributed by atoms with Gasteiger partial charge in [0, 0.05) is 25.0 Å². The van der Waals surface area contributed by atoms with Gasteiger partial charge in [0.1, 0.15) is 5.75 Å². The lowest BCUT2D eigenvalue weighted by Gasteiger charge is -2.18. The van der Waals surface area contributed by atoms with Crippen LogP contribution in [0.25, 0.3) is 0 Å². The molecule has 2 atom stereocenters. The fraction of sp³-hybridized carbons (Fsp3) is 0.368. The number of amides is 1. The highest BCUT2D eigenvalue weighted by atomic mass is 16.5. The molecule has 3 N–H and O–H groups in total. The summed E-state index contributed by atoms with van der Waals surface area (Å²) < 4.78 is 5.19. The second-order valence-electron chi connectivity index (χ2n) is 6.23. The number of methoxy groups -OCH3 is 1. The van der Waals surface area contributed by atoms with Crippen LogP contribution in [-0.4, -0.2) is 31.1 Å². The smallest absolute Gasteiger partial charge is 0.226 e. The van der Waals surface area contributed by atoms with Crippen molar-refractivity contribution in [3.05, 3.63) is 59.4 Å². The molecule has 25 heavy (non-hydrogen) atoms. The number of pyridine rings is 1. The van der Waals surface area contributed by atoms with Crippen LogP contribution in [0.2, 0.25) is 0 Å². The SMILES string of the molecule is COc1ccc(C2NNCC2C(=O)NCCc2ccc(C)nc2)cc1. The molecule has 1 amide bonds. The average Bonchev–Trinajstić information content (AvgIpc) is 3.13. The van der Waals surface area contributed by atoms with Gasteiger partial charge in [-0.1, -0.05) is 18.2 Å². The maximum atomic E-state index is 12.6. The van der Waals surface area contributed by atoms with E-state index in [1.54, 1.807) is 7.11 Å². The Labute approximate surface area is 148 Å². The highest BCUT2D eigenvalue weighted by molar-refractivity contribution is 5.80. The second kappa shape index (κ2) is 8.09. The summed E-state index contributed by atoms with van der Waals surface area (Å²) in [7, 11) is 1.64. The third-order valence-corrected chi connectivity index (χ3v) is 4.48. The number of nitrogens with zero attached hydrogens (tertiary/aromatic N) is 1. The predicted molar refractivity (Wildman–Crippen MR) is 96.1 cm³/mol. The van der Waals surface area contributed by atoms with Crippen molar-refractivity contribution in [3.63, 3.8) is 0 Å². The Bertz CT molecular complexity index is 700. The molecule has 0 saturated carbocycles. The Balaban J connectivity index is 1.55. The molecule has 3 rings (SSSR count). The molecular weight excluding hydrogens is 316 g/mol. The van der Waals surface area contributed by atoms with Gasteiger partial charge >= 0.3 is 0 Å². The zero-order valence-corrected chi connectivity index (χ0v) is 14.6. The van der Waals surface area contributed by atoms with Gasteiger partial charge in [-0.15, -0.1) is 0 Å². The fourth-order valence-corrected chi connectivity index (χ4v) is 2.98. The minimum atomic E-state index is -0.149. The number of hydrazine groups is 1. The summed E-state index contributed by atoms with van der Waals surface area (Å²) in [5, 5.41) is 3.04. The maximum absolute atomic E-state index is 12.6. The van der Waals surface area contributed by atoms with E-state index in [0.717, 1.165) is 29.0 Å². The number of ether oxygens (including phenoxy) is 1. The zero-order chi connectivity index (χ0) is 17.6. The van der Waals surface area contributed by atoms with E-state index in [-0.39, 0.29) is 17.9 Å². The summed E-state index contributed by atoms with van der Waals surface area (Å²) in [4.78, 5) is 16.8. The summed E-state index contributed by atoms with van der Waals surface area (Å²) >= 11 is 0. The topological polar surface area (TPSA) is 75.3 Å². The molecular formula is C19H24N4O2. The summed E-state index contributed by atoms with van der Waals surface area (Å²) in [6.07, 6.45) is 2.64. The second-order valence-corrected chi connectivity index (χ2v) is 6.23. The summed E-state index contributed by atoms with van der Waals surface area (Å²) in [5.41, 5.74) is 9.47. The van der Waals surface area contributed by atoms with Crippen LogP contribution in [0.15, 0.2) is 42.6 Å². The number of aromatic nitrogens is 1. The molecule has 6 nitrogen and oxygen atoms in total. The number of hydrogen-bond acceptors (Lipinski definition) is 5. The summed E-state index contributed by atoms with van der Waals surface area (Å²) in [5.74, 6) is 0.713. The molecule has 1 aromatic heterocycles. The Hall–Kier alpha value is -2.44. The molecule has 1 saturated heterocycles. The Kier molecular flexibility index (Phi) is 5.63. The molecule has 0 bridgehead atoms. The molecule has 1 aliphatic heterocycles. The number of benzene rings is 1. The van der Waals surface area contributed by atoms with Gasteiger partial charge in [0.25, 0.3) is 0 Å². The van der Waals surface area contributed by atoms with Crippen molar-refractivity contribution in [1.29, 1.82) is 0 Å². The lowest BCUT2D eigenvalue weighted by atomic mass is 9.94. The van der Waals surface area contributed by atoms with Crippen LogP contribution in [0.1, 0.15) is 22.9 Å². The molecule has 1 fully saturated rings. The third-order valence-electron chi connectivity index (χ3n) is 4.48. The van der Waals surface area contributed by atoms with Gasteiger partial charge in [-0.25, -0.2) is 5.43 Å². The van der Waals surface area contributed by atoms with E-state index in [1.165, 1.54) is 0 Å². The van der Waals surface area contributed by atoms with Crippen LogP contribution in [0, 0.1) is 12.8 Å². The van der Waals surface area contributed by atoms with E-state index in [2.05, 4.69) is 21.2 Å². The third kappa shape index (κ3) is 4.35. The standard InChI is InChI=1S/C19H24N4O2/c1-13-3-4-14(11-21-13)9-10-20-19(24)17-12-22-23-18(17)15-5-7-16(25-2)8-6-15/h3-8,11,17-18,22-23H,9-10,12H2,1-2H3,(H,20,24). The van der Waals surface area contributed by atoms with Gasteiger partial charge in [-0.05, 0) is 42.7 Å². The number of rotatable bonds is 6. The minimum Gasteiger partial charge on any atom is -0.497 e. The van der Waals surface area contributed by atoms with Crippen LogP contribution < -0.4 is 20.9 Å². The highest BCUT2D eigenvalue weighted by Gasteiger charge is 2.33. The first-order valence-corrected chi connectivity index (χ1v) is 8.49. The van der Waals surface area contributed by atoms with Crippen molar-refractivity contribution in [3.8, 4) is 5.75 Å². The first kappa shape index (κ1) is 17.4. The number of aryl methyl sites for hydroxylation is 1. The van der Waals surface area contributed by atoms with Gasteiger partial charge in [-0.3, -0.25) is 15.2 Å². The van der Waals surface area contributed by atoms with Crippen molar-refractivity contribution in [2.24, 2.45) is 5.92 Å². The van der Waals surface area contributed by atoms with Crippen molar-refractivity contribution in [2.45, 2.75) is 19.4 Å². The number of carbonyl (C=O) groups excluding carboxylic acids is 1. The van der Waals surface area contributed by atoms with E-state index in [9.17, 15) is 4.79 Å². The number of hydrogen-bond donors (Lipinski definition) is 3. The van der Waals surface area contributed by atoms with E-state index < -0.39 is 0 Å². The van der Waals surface area contributed by atoms with E-state index in [0.29, 0.717) is 13.1 Å². The quantitative estimate of drug-likeness (QED) is 0.743. The predicted octanol–water partition coefficient (Wildman–Crippen LogP) is 1.52. The average molecular weight is 340 g/mol. The van der Waals surface area contributed by atoms with E-state index in [1.807, 2.05) is 49.5 Å². The molecule has 0 radical (unpaired) electrons. The lowest BCUT2D eigenvalue weighted by Crippen LogP contribution is -2.36. The maximum Gasteiger partial charge on any atom is 0.226 e. The molecule has 132 valence electrons. The molecule has 1 aromatic carbocycles. The molecule has 2 unspecified atom stereocenters. The first-order valence-electron chi connectivity index (χ1n) is 8.49. The largest absolute Gasteiger partial charge is 0.497 e. The van der Waals surface area contributed by atoms with Crippen molar-refractivity contribution >= 4 is 5.91 Å². The Morgan fingerprint density at radius 3 is 2.76 bits per heavy atom. The lowest BCUT2D eigenvalue weighted by molar-refractivity contribution is -0.124. The van der Waals surface area contributed by atoms with Crippen molar-refractivity contribution < 1.29 is 9.53 Å². The Morgan fingerprint density at radius 2 is 2.08 bits per heavy atom. The van der Waals surface area contributed by atoms with Crippen LogP contribution in [0.5, 0.6) is 5.75 Å². The van der Waals surface area contributed by atoms with E-state index in [4.69, 9.17) is 4.74 Å². The molecule has 6 heteroatoms. The fourth-order valence-electron chi connectivity index (χ4n) is 2.98. The van der Waals surface area contributed by atoms with Gasteiger partial charge in [0.15, 0.2) is 0 Å². The van der Waals surface area contributed by atoms with Gasteiger partial charge in [-0.2, -0.15) is 0 Å². The summed E-state index contributed by atoms with van der Waals surface area (Å²) in [6, 6.07) is 11.8. The molecule has 1 aliphatic rings. The van der Waals surface area contributed by atoms with E-state index >= 15 is 0 Å². The van der Waals surface area contributed by atoms with Crippen LogP contribution in [0.4, 0.5) is 0 Å². The Morgan fingerprint density at radius 1 is 1.28 bits per heavy atom. The number of carbonyl (C=O) groups is 1. The first-order chi connectivity index (χ1) is 12.2.